The van der Waals surface area contributed by atoms with Crippen LogP contribution in [0.2, 0.25) is 0 Å². The minimum absolute atomic E-state index is 0.880. The Balaban J connectivity index is 2.07. The van der Waals surface area contributed by atoms with Crippen LogP contribution in [0.5, 0.6) is 0 Å². The molecule has 4 heteroatoms. The minimum atomic E-state index is 0.880. The molecule has 0 radical (unpaired) electrons. The lowest BCUT2D eigenvalue weighted by molar-refractivity contribution is 0.669. The first-order valence-corrected chi connectivity index (χ1v) is 7.85. The molecule has 4 heterocycles. The van der Waals surface area contributed by atoms with Gasteiger partial charge in [0.15, 0.2) is 5.65 Å². The van der Waals surface area contributed by atoms with Crippen LogP contribution in [0.3, 0.4) is 0 Å². The molecule has 0 spiro atoms. The number of hydrogen-bond acceptors (Lipinski definition) is 3. The Labute approximate surface area is 136 Å². The van der Waals surface area contributed by atoms with Crippen molar-refractivity contribution < 1.29 is 4.42 Å². The molecular weight excluding hydrogens is 298 g/mol. The average Bonchev–Trinajstić information content (AvgIpc) is 3.26. The SMILES string of the molecule is c1ccc2c(c1)oc1ccc3c(c4cccnc4c4nccn34)c12. The molecule has 4 nitrogen and oxygen atoms in total. The van der Waals surface area contributed by atoms with E-state index in [0.29, 0.717) is 0 Å². The predicted molar refractivity (Wildman–Crippen MR) is 95.3 cm³/mol. The minimum Gasteiger partial charge on any atom is -0.456 e. The Kier molecular flexibility index (Phi) is 2.07. The smallest absolute Gasteiger partial charge is 0.163 e. The molecule has 6 rings (SSSR count). The summed E-state index contributed by atoms with van der Waals surface area (Å²) >= 11 is 0. The fourth-order valence-corrected chi connectivity index (χ4v) is 3.74. The highest BCUT2D eigenvalue weighted by molar-refractivity contribution is 6.26. The van der Waals surface area contributed by atoms with Crippen molar-refractivity contribution in [2.45, 2.75) is 0 Å². The summed E-state index contributed by atoms with van der Waals surface area (Å²) in [6.07, 6.45) is 5.62. The maximum Gasteiger partial charge on any atom is 0.163 e. The molecule has 0 unspecified atom stereocenters. The maximum atomic E-state index is 6.06. The maximum absolute atomic E-state index is 6.06. The molecule has 6 aromatic rings. The molecule has 0 aliphatic rings. The zero-order valence-corrected chi connectivity index (χ0v) is 12.6. The van der Waals surface area contributed by atoms with Crippen LogP contribution >= 0.6 is 0 Å². The third-order valence-corrected chi connectivity index (χ3v) is 4.71. The van der Waals surface area contributed by atoms with Gasteiger partial charge in [-0.05, 0) is 24.3 Å². The molecule has 0 N–H and O–H groups in total. The van der Waals surface area contributed by atoms with Crippen molar-refractivity contribution in [3.63, 3.8) is 0 Å². The lowest BCUT2D eigenvalue weighted by Gasteiger charge is -2.08. The molecule has 2 aromatic carbocycles. The quantitative estimate of drug-likeness (QED) is 0.373. The third-order valence-electron chi connectivity index (χ3n) is 4.71. The second-order valence-corrected chi connectivity index (χ2v) is 5.95. The summed E-state index contributed by atoms with van der Waals surface area (Å²) in [6.45, 7) is 0. The van der Waals surface area contributed by atoms with Gasteiger partial charge in [-0.2, -0.15) is 0 Å². The molecule has 0 bridgehead atoms. The summed E-state index contributed by atoms with van der Waals surface area (Å²) in [4.78, 5) is 9.09. The lowest BCUT2D eigenvalue weighted by Crippen LogP contribution is -1.92. The van der Waals surface area contributed by atoms with Crippen LogP contribution in [0, 0.1) is 0 Å². The van der Waals surface area contributed by atoms with Gasteiger partial charge in [0.25, 0.3) is 0 Å². The van der Waals surface area contributed by atoms with Crippen LogP contribution in [-0.2, 0) is 0 Å². The van der Waals surface area contributed by atoms with Crippen molar-refractivity contribution in [3.05, 3.63) is 67.1 Å². The van der Waals surface area contributed by atoms with Crippen LogP contribution in [0.4, 0.5) is 0 Å². The molecule has 0 saturated heterocycles. The summed E-state index contributed by atoms with van der Waals surface area (Å²) in [5.41, 5.74) is 4.70. The molecule has 4 aromatic heterocycles. The van der Waals surface area contributed by atoms with E-state index in [0.717, 1.165) is 49.4 Å². The molecule has 24 heavy (non-hydrogen) atoms. The predicted octanol–water partition coefficient (Wildman–Crippen LogP) is 4.94. The topological polar surface area (TPSA) is 43.3 Å². The van der Waals surface area contributed by atoms with E-state index in [1.807, 2.05) is 48.9 Å². The van der Waals surface area contributed by atoms with Gasteiger partial charge in [0, 0.05) is 40.1 Å². The normalized spacial score (nSPS) is 12.2. The van der Waals surface area contributed by atoms with Crippen molar-refractivity contribution in [2.75, 3.05) is 0 Å². The van der Waals surface area contributed by atoms with Gasteiger partial charge in [0.2, 0.25) is 0 Å². The van der Waals surface area contributed by atoms with Crippen molar-refractivity contribution in [2.24, 2.45) is 0 Å². The van der Waals surface area contributed by atoms with E-state index in [1.165, 1.54) is 0 Å². The Morgan fingerprint density at radius 1 is 0.750 bits per heavy atom. The van der Waals surface area contributed by atoms with Crippen LogP contribution in [0.15, 0.2) is 71.5 Å². The molecular formula is C20H11N3O. The van der Waals surface area contributed by atoms with E-state index in [-0.39, 0.29) is 0 Å². The summed E-state index contributed by atoms with van der Waals surface area (Å²) in [5, 5.41) is 4.52. The highest BCUT2D eigenvalue weighted by atomic mass is 16.3. The van der Waals surface area contributed by atoms with E-state index in [2.05, 4.69) is 32.6 Å². The molecule has 0 fully saturated rings. The highest BCUT2D eigenvalue weighted by Gasteiger charge is 2.16. The van der Waals surface area contributed by atoms with Gasteiger partial charge in [0.05, 0.1) is 5.52 Å². The Morgan fingerprint density at radius 2 is 1.67 bits per heavy atom. The molecule has 0 amide bonds. The van der Waals surface area contributed by atoms with Crippen molar-refractivity contribution >= 4 is 49.4 Å². The molecule has 0 aliphatic heterocycles. The van der Waals surface area contributed by atoms with Gasteiger partial charge >= 0.3 is 0 Å². The molecule has 0 aliphatic carbocycles. The van der Waals surface area contributed by atoms with Crippen LogP contribution in [0.25, 0.3) is 49.4 Å². The average molecular weight is 309 g/mol. The fraction of sp³-hybridized carbons (Fsp3) is 0. The third kappa shape index (κ3) is 1.34. The second kappa shape index (κ2) is 4.11. The van der Waals surface area contributed by atoms with Gasteiger partial charge in [-0.3, -0.25) is 9.38 Å². The Hall–Kier alpha value is -3.40. The van der Waals surface area contributed by atoms with Crippen molar-refractivity contribution in [1.29, 1.82) is 0 Å². The van der Waals surface area contributed by atoms with Crippen LogP contribution < -0.4 is 0 Å². The first-order chi connectivity index (χ1) is 11.9. The second-order valence-electron chi connectivity index (χ2n) is 5.95. The Bertz CT molecular complexity index is 1410. The van der Waals surface area contributed by atoms with Gasteiger partial charge in [-0.25, -0.2) is 4.98 Å². The van der Waals surface area contributed by atoms with Crippen LogP contribution in [0.1, 0.15) is 0 Å². The summed E-state index contributed by atoms with van der Waals surface area (Å²) < 4.78 is 8.16. The van der Waals surface area contributed by atoms with Crippen LogP contribution in [-0.4, -0.2) is 14.4 Å². The van der Waals surface area contributed by atoms with Gasteiger partial charge in [-0.15, -0.1) is 0 Å². The highest BCUT2D eigenvalue weighted by Crippen LogP contribution is 2.38. The summed E-state index contributed by atoms with van der Waals surface area (Å²) in [5.74, 6) is 0. The van der Waals surface area contributed by atoms with Crippen molar-refractivity contribution in [3.8, 4) is 0 Å². The largest absolute Gasteiger partial charge is 0.456 e. The first-order valence-electron chi connectivity index (χ1n) is 7.85. The number of benzene rings is 2. The number of fused-ring (bicyclic) bond motifs is 10. The number of para-hydroxylation sites is 1. The molecule has 0 atom stereocenters. The van der Waals surface area contributed by atoms with Gasteiger partial charge < -0.3 is 4.42 Å². The van der Waals surface area contributed by atoms with E-state index < -0.39 is 0 Å². The van der Waals surface area contributed by atoms with E-state index in [4.69, 9.17) is 4.42 Å². The summed E-state index contributed by atoms with van der Waals surface area (Å²) in [6, 6.07) is 16.4. The number of rotatable bonds is 0. The van der Waals surface area contributed by atoms with E-state index >= 15 is 0 Å². The first kappa shape index (κ1) is 12.1. The number of hydrogen-bond donors (Lipinski definition) is 0. The standard InChI is InChI=1S/C20H11N3O/c1-2-6-15-12(4-1)18-16(24-15)8-7-14-17(18)13-5-3-9-21-19(13)20-22-10-11-23(14)20/h1-11H. The van der Waals surface area contributed by atoms with Gasteiger partial charge in [-0.1, -0.05) is 24.3 Å². The van der Waals surface area contributed by atoms with Crippen molar-refractivity contribution in [1.82, 2.24) is 14.4 Å². The van der Waals surface area contributed by atoms with Gasteiger partial charge in [0.1, 0.15) is 16.7 Å². The fourth-order valence-electron chi connectivity index (χ4n) is 3.74. The Morgan fingerprint density at radius 3 is 2.67 bits per heavy atom. The number of nitrogens with zero attached hydrogens (tertiary/aromatic N) is 3. The zero-order chi connectivity index (χ0) is 15.7. The summed E-state index contributed by atoms with van der Waals surface area (Å²) in [7, 11) is 0. The monoisotopic (exact) mass is 309 g/mol. The molecule has 0 saturated carbocycles. The van der Waals surface area contributed by atoms with E-state index in [9.17, 15) is 0 Å². The molecule has 112 valence electrons. The number of aromatic nitrogens is 3. The number of pyridine rings is 2. The lowest BCUT2D eigenvalue weighted by atomic mass is 10.0. The number of imidazole rings is 1. The van der Waals surface area contributed by atoms with E-state index in [1.54, 1.807) is 0 Å². The zero-order valence-electron chi connectivity index (χ0n) is 12.6. The number of furan rings is 1.